The van der Waals surface area contributed by atoms with Gasteiger partial charge in [-0.3, -0.25) is 9.59 Å². The Kier molecular flexibility index (Phi) is 7.68. The molecule has 2 aliphatic rings. The van der Waals surface area contributed by atoms with E-state index in [-0.39, 0.29) is 23.3 Å². The van der Waals surface area contributed by atoms with E-state index in [0.717, 1.165) is 48.9 Å². The lowest BCUT2D eigenvalue weighted by molar-refractivity contribution is -0.121. The first-order valence-electron chi connectivity index (χ1n) is 12.2. The van der Waals surface area contributed by atoms with Crippen LogP contribution < -0.4 is 10.2 Å². The maximum Gasteiger partial charge on any atom is 0.244 e. The van der Waals surface area contributed by atoms with E-state index in [9.17, 15) is 18.0 Å². The van der Waals surface area contributed by atoms with Gasteiger partial charge in [0.15, 0.2) is 0 Å². The molecule has 1 fully saturated rings. The van der Waals surface area contributed by atoms with E-state index in [1.807, 2.05) is 31.2 Å². The molecular weight excluding hydrogens is 450 g/mol. The summed E-state index contributed by atoms with van der Waals surface area (Å²) in [6.07, 6.45) is 6.19. The molecule has 2 amide bonds. The molecule has 0 atom stereocenters. The lowest BCUT2D eigenvalue weighted by Crippen LogP contribution is -2.38. The van der Waals surface area contributed by atoms with Crippen molar-refractivity contribution in [2.75, 3.05) is 29.9 Å². The summed E-state index contributed by atoms with van der Waals surface area (Å²) >= 11 is 0. The number of hydrogen-bond donors (Lipinski definition) is 1. The highest BCUT2D eigenvalue weighted by molar-refractivity contribution is 7.89. The van der Waals surface area contributed by atoms with Crippen molar-refractivity contribution >= 4 is 33.2 Å². The van der Waals surface area contributed by atoms with Crippen molar-refractivity contribution in [3.8, 4) is 0 Å². The second-order valence-corrected chi connectivity index (χ2v) is 10.9. The molecule has 0 aromatic heterocycles. The van der Waals surface area contributed by atoms with E-state index in [1.165, 1.54) is 4.90 Å². The van der Waals surface area contributed by atoms with Crippen molar-refractivity contribution in [2.45, 2.75) is 63.2 Å². The fourth-order valence-electron chi connectivity index (χ4n) is 4.77. The monoisotopic (exact) mass is 483 g/mol. The van der Waals surface area contributed by atoms with Crippen molar-refractivity contribution < 1.29 is 18.0 Å². The number of nitrogens with zero attached hydrogens (tertiary/aromatic N) is 2. The molecule has 1 N–H and O–H groups in total. The third kappa shape index (κ3) is 5.33. The quantitative estimate of drug-likeness (QED) is 0.670. The van der Waals surface area contributed by atoms with Gasteiger partial charge in [-0.1, -0.05) is 38.0 Å². The lowest BCUT2D eigenvalue weighted by atomic mass is 10.1. The fraction of sp³-hybridized carbons (Fsp3) is 0.462. The zero-order valence-electron chi connectivity index (χ0n) is 19.8. The number of hydrogen-bond acceptors (Lipinski definition) is 4. The van der Waals surface area contributed by atoms with E-state index in [0.29, 0.717) is 38.0 Å². The number of fused-ring (bicyclic) bond motifs is 1. The molecule has 2 aromatic carbocycles. The second-order valence-electron chi connectivity index (χ2n) is 9.00. The van der Waals surface area contributed by atoms with E-state index in [2.05, 4.69) is 5.32 Å². The number of rotatable bonds is 6. The number of amides is 2. The van der Waals surface area contributed by atoms with Crippen LogP contribution in [0.15, 0.2) is 47.4 Å². The number of sulfonamides is 1. The second kappa shape index (κ2) is 10.7. The minimum absolute atomic E-state index is 0.109. The normalized spacial score (nSPS) is 17.6. The highest BCUT2D eigenvalue weighted by Gasteiger charge is 2.29. The van der Waals surface area contributed by atoms with Gasteiger partial charge in [0.25, 0.3) is 0 Å². The number of anilines is 2. The standard InChI is InChI=1S/C26H33N3O4S/c1-2-20-10-5-6-12-23(20)27-25(30)19-29-24-15-14-22(18-21(24)11-9-13-26(29)31)34(32,33)28-16-7-3-4-8-17-28/h5-6,10,12,14-15,18H,2-4,7-9,11,13,16-17,19H2,1H3,(H,27,30). The van der Waals surface area contributed by atoms with Crippen LogP contribution in [-0.4, -0.2) is 44.2 Å². The van der Waals surface area contributed by atoms with Gasteiger partial charge in [-0.25, -0.2) is 8.42 Å². The highest BCUT2D eigenvalue weighted by atomic mass is 32.2. The summed E-state index contributed by atoms with van der Waals surface area (Å²) in [6.45, 7) is 3.01. The van der Waals surface area contributed by atoms with Gasteiger partial charge in [0.05, 0.1) is 4.90 Å². The molecule has 7 nitrogen and oxygen atoms in total. The minimum atomic E-state index is -3.58. The lowest BCUT2D eigenvalue weighted by Gasteiger charge is -2.24. The highest BCUT2D eigenvalue weighted by Crippen LogP contribution is 2.31. The Morgan fingerprint density at radius 3 is 2.44 bits per heavy atom. The summed E-state index contributed by atoms with van der Waals surface area (Å²) in [5, 5.41) is 2.93. The van der Waals surface area contributed by atoms with Crippen molar-refractivity contribution in [3.05, 3.63) is 53.6 Å². The molecule has 0 bridgehead atoms. The molecule has 2 heterocycles. The van der Waals surface area contributed by atoms with Gasteiger partial charge in [-0.15, -0.1) is 0 Å². The molecule has 4 rings (SSSR count). The van der Waals surface area contributed by atoms with Crippen LogP contribution in [-0.2, 0) is 32.5 Å². The van der Waals surface area contributed by atoms with Gasteiger partial charge < -0.3 is 10.2 Å². The van der Waals surface area contributed by atoms with Crippen LogP contribution in [0.3, 0.4) is 0 Å². The summed E-state index contributed by atoms with van der Waals surface area (Å²) in [6, 6.07) is 12.6. The van der Waals surface area contributed by atoms with Crippen molar-refractivity contribution in [2.24, 2.45) is 0 Å². The first-order valence-corrected chi connectivity index (χ1v) is 13.7. The smallest absolute Gasteiger partial charge is 0.244 e. The average Bonchev–Trinajstić information content (AvgIpc) is 3.20. The van der Waals surface area contributed by atoms with Gasteiger partial charge in [-0.2, -0.15) is 4.31 Å². The van der Waals surface area contributed by atoms with Gasteiger partial charge in [0, 0.05) is 30.9 Å². The van der Waals surface area contributed by atoms with Crippen LogP contribution in [0, 0.1) is 0 Å². The van der Waals surface area contributed by atoms with Crippen LogP contribution >= 0.6 is 0 Å². The Morgan fingerprint density at radius 1 is 0.971 bits per heavy atom. The molecule has 2 aliphatic heterocycles. The molecule has 0 spiro atoms. The molecule has 1 saturated heterocycles. The van der Waals surface area contributed by atoms with E-state index in [1.54, 1.807) is 22.5 Å². The summed E-state index contributed by atoms with van der Waals surface area (Å²) in [5.41, 5.74) is 3.19. The molecule has 2 aromatic rings. The van der Waals surface area contributed by atoms with Gasteiger partial charge in [-0.05, 0) is 67.5 Å². The fourth-order valence-corrected chi connectivity index (χ4v) is 6.34. The van der Waals surface area contributed by atoms with Crippen LogP contribution in [0.5, 0.6) is 0 Å². The predicted octanol–water partition coefficient (Wildman–Crippen LogP) is 4.12. The summed E-state index contributed by atoms with van der Waals surface area (Å²) < 4.78 is 28.1. The maximum atomic E-state index is 13.3. The van der Waals surface area contributed by atoms with Crippen molar-refractivity contribution in [3.63, 3.8) is 0 Å². The number of carbonyl (C=O) groups excluding carboxylic acids is 2. The molecule has 0 saturated carbocycles. The number of carbonyl (C=O) groups is 2. The Balaban J connectivity index is 1.58. The number of aryl methyl sites for hydroxylation is 2. The molecule has 182 valence electrons. The van der Waals surface area contributed by atoms with Gasteiger partial charge in [0.1, 0.15) is 6.54 Å². The molecule has 0 radical (unpaired) electrons. The summed E-state index contributed by atoms with van der Waals surface area (Å²) in [4.78, 5) is 27.5. The summed E-state index contributed by atoms with van der Waals surface area (Å²) in [5.74, 6) is -0.399. The van der Waals surface area contributed by atoms with Crippen molar-refractivity contribution in [1.29, 1.82) is 0 Å². The van der Waals surface area contributed by atoms with Crippen LogP contribution in [0.25, 0.3) is 0 Å². The third-order valence-corrected chi connectivity index (χ3v) is 8.55. The predicted molar refractivity (Wildman–Crippen MR) is 133 cm³/mol. The van der Waals surface area contributed by atoms with E-state index >= 15 is 0 Å². The Labute approximate surface area is 202 Å². The van der Waals surface area contributed by atoms with Crippen LogP contribution in [0.1, 0.15) is 56.6 Å². The Hall–Kier alpha value is -2.71. The minimum Gasteiger partial charge on any atom is -0.324 e. The largest absolute Gasteiger partial charge is 0.324 e. The zero-order chi connectivity index (χ0) is 24.1. The Bertz CT molecular complexity index is 1150. The van der Waals surface area contributed by atoms with Gasteiger partial charge >= 0.3 is 0 Å². The molecular formula is C26H33N3O4S. The number of nitrogens with one attached hydrogen (secondary N) is 1. The van der Waals surface area contributed by atoms with Crippen LogP contribution in [0.4, 0.5) is 11.4 Å². The zero-order valence-corrected chi connectivity index (χ0v) is 20.6. The van der Waals surface area contributed by atoms with Crippen molar-refractivity contribution in [1.82, 2.24) is 4.31 Å². The first kappa shape index (κ1) is 24.4. The van der Waals surface area contributed by atoms with E-state index < -0.39 is 10.0 Å². The third-order valence-electron chi connectivity index (χ3n) is 6.66. The van der Waals surface area contributed by atoms with Crippen LogP contribution in [0.2, 0.25) is 0 Å². The molecule has 8 heteroatoms. The summed E-state index contributed by atoms with van der Waals surface area (Å²) in [7, 11) is -3.58. The maximum absolute atomic E-state index is 13.3. The number of benzene rings is 2. The first-order chi connectivity index (χ1) is 16.4. The molecule has 34 heavy (non-hydrogen) atoms. The topological polar surface area (TPSA) is 86.8 Å². The van der Waals surface area contributed by atoms with Gasteiger partial charge in [0.2, 0.25) is 21.8 Å². The van der Waals surface area contributed by atoms with E-state index in [4.69, 9.17) is 0 Å². The number of para-hydroxylation sites is 1. The Morgan fingerprint density at radius 2 is 1.71 bits per heavy atom. The average molecular weight is 484 g/mol. The molecule has 0 unspecified atom stereocenters. The molecule has 0 aliphatic carbocycles. The SMILES string of the molecule is CCc1ccccc1NC(=O)CN1C(=O)CCCc2cc(S(=O)(=O)N3CCCCCC3)ccc21.